The van der Waals surface area contributed by atoms with Crippen LogP contribution in [-0.4, -0.2) is 47.7 Å². The molecule has 1 aliphatic rings. The Kier molecular flexibility index (Phi) is 5.22. The normalized spacial score (nSPS) is 20.9. The first-order chi connectivity index (χ1) is 7.58. The molecule has 1 saturated heterocycles. The van der Waals surface area contributed by atoms with Crippen LogP contribution in [0.1, 0.15) is 39.5 Å². The van der Waals surface area contributed by atoms with E-state index in [-0.39, 0.29) is 0 Å². The molecule has 1 fully saturated rings. The highest BCUT2D eigenvalue weighted by Gasteiger charge is 2.32. The summed E-state index contributed by atoms with van der Waals surface area (Å²) in [5.74, 6) is -0.736. The largest absolute Gasteiger partial charge is 0.480 e. The summed E-state index contributed by atoms with van der Waals surface area (Å²) in [6.45, 7) is 7.76. The van der Waals surface area contributed by atoms with E-state index >= 15 is 0 Å². The van der Waals surface area contributed by atoms with Gasteiger partial charge in [0.2, 0.25) is 0 Å². The molecule has 1 heterocycles. The van der Waals surface area contributed by atoms with E-state index in [1.54, 1.807) is 6.92 Å². The molecule has 2 N–H and O–H groups in total. The molecule has 1 unspecified atom stereocenters. The van der Waals surface area contributed by atoms with Crippen LogP contribution in [0.15, 0.2) is 0 Å². The number of aliphatic carboxylic acids is 1. The zero-order valence-electron chi connectivity index (χ0n) is 10.5. The molecule has 0 bridgehead atoms. The number of hydrogen-bond acceptors (Lipinski definition) is 3. The SMILES string of the molecule is CCCNC(C)(CCN1CCCC1)C(=O)O. The van der Waals surface area contributed by atoms with Crippen LogP contribution in [0.5, 0.6) is 0 Å². The van der Waals surface area contributed by atoms with E-state index in [0.29, 0.717) is 6.42 Å². The molecule has 0 aliphatic carbocycles. The van der Waals surface area contributed by atoms with E-state index < -0.39 is 11.5 Å². The fourth-order valence-corrected chi connectivity index (χ4v) is 2.06. The Bertz CT molecular complexity index is 227. The van der Waals surface area contributed by atoms with E-state index in [1.807, 2.05) is 0 Å². The van der Waals surface area contributed by atoms with Crippen LogP contribution in [0.2, 0.25) is 0 Å². The molecule has 1 atom stereocenters. The second-order valence-corrected chi connectivity index (χ2v) is 4.86. The van der Waals surface area contributed by atoms with Crippen LogP contribution in [0, 0.1) is 0 Å². The Morgan fingerprint density at radius 3 is 2.56 bits per heavy atom. The molecule has 94 valence electrons. The van der Waals surface area contributed by atoms with Crippen LogP contribution >= 0.6 is 0 Å². The third kappa shape index (κ3) is 3.76. The monoisotopic (exact) mass is 228 g/mol. The Morgan fingerprint density at radius 2 is 2.06 bits per heavy atom. The highest BCUT2D eigenvalue weighted by atomic mass is 16.4. The van der Waals surface area contributed by atoms with E-state index in [4.69, 9.17) is 0 Å². The smallest absolute Gasteiger partial charge is 0.323 e. The van der Waals surface area contributed by atoms with Crippen molar-refractivity contribution in [2.24, 2.45) is 0 Å². The molecule has 0 radical (unpaired) electrons. The van der Waals surface area contributed by atoms with Gasteiger partial charge in [0.15, 0.2) is 0 Å². The molecule has 0 amide bonds. The number of hydrogen-bond donors (Lipinski definition) is 2. The summed E-state index contributed by atoms with van der Waals surface area (Å²) in [5, 5.41) is 12.4. The van der Waals surface area contributed by atoms with Gasteiger partial charge in [0.05, 0.1) is 0 Å². The summed E-state index contributed by atoms with van der Waals surface area (Å²) in [4.78, 5) is 13.6. The van der Waals surface area contributed by atoms with Gasteiger partial charge in [0.25, 0.3) is 0 Å². The minimum absolute atomic E-state index is 0.683. The lowest BCUT2D eigenvalue weighted by Gasteiger charge is -2.28. The van der Waals surface area contributed by atoms with Crippen molar-refractivity contribution in [3.8, 4) is 0 Å². The summed E-state index contributed by atoms with van der Waals surface area (Å²) in [5.41, 5.74) is -0.765. The van der Waals surface area contributed by atoms with E-state index in [0.717, 1.165) is 32.6 Å². The van der Waals surface area contributed by atoms with Crippen LogP contribution < -0.4 is 5.32 Å². The maximum Gasteiger partial charge on any atom is 0.323 e. The van der Waals surface area contributed by atoms with Crippen molar-refractivity contribution < 1.29 is 9.90 Å². The van der Waals surface area contributed by atoms with Crippen LogP contribution in [0.3, 0.4) is 0 Å². The second-order valence-electron chi connectivity index (χ2n) is 4.86. The summed E-state index contributed by atoms with van der Waals surface area (Å²) in [6, 6.07) is 0. The highest BCUT2D eigenvalue weighted by molar-refractivity contribution is 5.78. The molecule has 0 saturated carbocycles. The molecule has 0 aromatic carbocycles. The Balaban J connectivity index is 2.39. The van der Waals surface area contributed by atoms with Gasteiger partial charge < -0.3 is 15.3 Å². The lowest BCUT2D eigenvalue weighted by atomic mass is 9.97. The van der Waals surface area contributed by atoms with Crippen molar-refractivity contribution in [1.82, 2.24) is 10.2 Å². The number of rotatable bonds is 7. The molecule has 4 nitrogen and oxygen atoms in total. The summed E-state index contributed by atoms with van der Waals surface area (Å²) < 4.78 is 0. The number of nitrogens with zero attached hydrogens (tertiary/aromatic N) is 1. The van der Waals surface area contributed by atoms with Crippen molar-refractivity contribution in [3.63, 3.8) is 0 Å². The molecule has 1 rings (SSSR count). The zero-order chi connectivity index (χ0) is 12.0. The molecular formula is C12H24N2O2. The number of carboxylic acid groups (broad SMARTS) is 1. The summed E-state index contributed by atoms with van der Waals surface area (Å²) >= 11 is 0. The van der Waals surface area contributed by atoms with Crippen LogP contribution in [-0.2, 0) is 4.79 Å². The quantitative estimate of drug-likeness (QED) is 0.690. The van der Waals surface area contributed by atoms with Gasteiger partial charge in [-0.2, -0.15) is 0 Å². The fourth-order valence-electron chi connectivity index (χ4n) is 2.06. The molecule has 16 heavy (non-hydrogen) atoms. The zero-order valence-corrected chi connectivity index (χ0v) is 10.5. The van der Waals surface area contributed by atoms with Crippen molar-refractivity contribution in [3.05, 3.63) is 0 Å². The number of carboxylic acids is 1. The van der Waals surface area contributed by atoms with Crippen molar-refractivity contribution >= 4 is 5.97 Å². The lowest BCUT2D eigenvalue weighted by molar-refractivity contribution is -0.144. The van der Waals surface area contributed by atoms with Crippen molar-refractivity contribution in [2.45, 2.75) is 45.1 Å². The van der Waals surface area contributed by atoms with E-state index in [1.165, 1.54) is 12.8 Å². The Morgan fingerprint density at radius 1 is 1.44 bits per heavy atom. The van der Waals surface area contributed by atoms with Gasteiger partial charge in [-0.15, -0.1) is 0 Å². The summed E-state index contributed by atoms with van der Waals surface area (Å²) in [7, 11) is 0. The third-order valence-corrected chi connectivity index (χ3v) is 3.36. The number of carbonyl (C=O) groups is 1. The first-order valence-electron chi connectivity index (χ1n) is 6.29. The standard InChI is InChI=1S/C12H24N2O2/c1-3-7-13-12(2,11(15)16)6-10-14-8-4-5-9-14/h13H,3-10H2,1-2H3,(H,15,16). The maximum atomic E-state index is 11.3. The maximum absolute atomic E-state index is 11.3. The average Bonchev–Trinajstić information content (AvgIpc) is 2.76. The van der Waals surface area contributed by atoms with Gasteiger partial charge in [-0.05, 0) is 52.2 Å². The average molecular weight is 228 g/mol. The topological polar surface area (TPSA) is 52.6 Å². The molecule has 0 aromatic rings. The van der Waals surface area contributed by atoms with Crippen LogP contribution in [0.25, 0.3) is 0 Å². The molecule has 0 aromatic heterocycles. The number of likely N-dealkylation sites (tertiary alicyclic amines) is 1. The van der Waals surface area contributed by atoms with Gasteiger partial charge in [-0.1, -0.05) is 6.92 Å². The molecule has 4 heteroatoms. The number of nitrogens with one attached hydrogen (secondary N) is 1. The predicted octanol–water partition coefficient (Wildman–Crippen LogP) is 1.32. The van der Waals surface area contributed by atoms with E-state index in [2.05, 4.69) is 17.1 Å². The van der Waals surface area contributed by atoms with Gasteiger partial charge in [-0.3, -0.25) is 4.79 Å². The van der Waals surface area contributed by atoms with Gasteiger partial charge in [0, 0.05) is 6.54 Å². The van der Waals surface area contributed by atoms with Gasteiger partial charge in [-0.25, -0.2) is 0 Å². The second kappa shape index (κ2) is 6.21. The van der Waals surface area contributed by atoms with E-state index in [9.17, 15) is 9.90 Å². The molecule has 0 spiro atoms. The van der Waals surface area contributed by atoms with Crippen LogP contribution in [0.4, 0.5) is 0 Å². The van der Waals surface area contributed by atoms with Gasteiger partial charge in [0.1, 0.15) is 5.54 Å². The Hall–Kier alpha value is -0.610. The Labute approximate surface area is 98.0 Å². The molecular weight excluding hydrogens is 204 g/mol. The lowest BCUT2D eigenvalue weighted by Crippen LogP contribution is -2.51. The van der Waals surface area contributed by atoms with Crippen molar-refractivity contribution in [1.29, 1.82) is 0 Å². The minimum atomic E-state index is -0.765. The molecule has 1 aliphatic heterocycles. The first kappa shape index (κ1) is 13.5. The first-order valence-corrected chi connectivity index (χ1v) is 6.29. The fraction of sp³-hybridized carbons (Fsp3) is 0.917. The van der Waals surface area contributed by atoms with Gasteiger partial charge >= 0.3 is 5.97 Å². The van der Waals surface area contributed by atoms with Crippen molar-refractivity contribution in [2.75, 3.05) is 26.2 Å². The highest BCUT2D eigenvalue weighted by Crippen LogP contribution is 2.14. The minimum Gasteiger partial charge on any atom is -0.480 e. The summed E-state index contributed by atoms with van der Waals surface area (Å²) in [6.07, 6.45) is 4.16. The third-order valence-electron chi connectivity index (χ3n) is 3.36. The predicted molar refractivity (Wildman–Crippen MR) is 64.6 cm³/mol.